The van der Waals surface area contributed by atoms with Gasteiger partial charge in [-0.05, 0) is 42.0 Å². The topological polar surface area (TPSA) is 21.3 Å². The zero-order valence-electron chi connectivity index (χ0n) is 9.00. The maximum Gasteiger partial charge on any atom is 0.119 e. The van der Waals surface area contributed by atoms with Gasteiger partial charge in [0.2, 0.25) is 0 Å². The Morgan fingerprint density at radius 3 is 2.64 bits per heavy atom. The van der Waals surface area contributed by atoms with Gasteiger partial charge in [0, 0.05) is 12.7 Å². The standard InChI is InChI=1S/C12H17NO/c1-8-6-10(8)11-7-9(14-3)4-5-12(11)13-2/h4-5,7-8,10,13H,6H2,1-3H3. The van der Waals surface area contributed by atoms with Crippen molar-refractivity contribution < 1.29 is 4.74 Å². The lowest BCUT2D eigenvalue weighted by molar-refractivity contribution is 0.414. The molecule has 1 aliphatic carbocycles. The fourth-order valence-corrected chi connectivity index (χ4v) is 1.96. The maximum atomic E-state index is 5.24. The highest BCUT2D eigenvalue weighted by atomic mass is 16.5. The van der Waals surface area contributed by atoms with Crippen molar-refractivity contribution in [2.75, 3.05) is 19.5 Å². The molecule has 0 radical (unpaired) electrons. The Bertz CT molecular complexity index is 335. The van der Waals surface area contributed by atoms with E-state index in [1.165, 1.54) is 17.7 Å². The van der Waals surface area contributed by atoms with Gasteiger partial charge in [0.05, 0.1) is 7.11 Å². The van der Waals surface area contributed by atoms with E-state index < -0.39 is 0 Å². The molecule has 0 heterocycles. The van der Waals surface area contributed by atoms with Crippen LogP contribution in [-0.2, 0) is 0 Å². The van der Waals surface area contributed by atoms with Crippen molar-refractivity contribution in [2.24, 2.45) is 5.92 Å². The summed E-state index contributed by atoms with van der Waals surface area (Å²) in [6, 6.07) is 6.25. The van der Waals surface area contributed by atoms with E-state index in [1.807, 2.05) is 13.1 Å². The molecule has 1 aliphatic rings. The van der Waals surface area contributed by atoms with Crippen molar-refractivity contribution in [3.63, 3.8) is 0 Å². The lowest BCUT2D eigenvalue weighted by atomic mass is 10.1. The monoisotopic (exact) mass is 191 g/mol. The number of hydrogen-bond acceptors (Lipinski definition) is 2. The normalized spacial score (nSPS) is 24.5. The van der Waals surface area contributed by atoms with Crippen LogP contribution in [0.1, 0.15) is 24.8 Å². The largest absolute Gasteiger partial charge is 0.497 e. The molecule has 2 nitrogen and oxygen atoms in total. The van der Waals surface area contributed by atoms with Crippen LogP contribution in [0.25, 0.3) is 0 Å². The summed E-state index contributed by atoms with van der Waals surface area (Å²) in [4.78, 5) is 0. The molecule has 1 fully saturated rings. The van der Waals surface area contributed by atoms with Crippen molar-refractivity contribution in [1.82, 2.24) is 0 Å². The molecule has 1 aromatic rings. The van der Waals surface area contributed by atoms with Crippen LogP contribution in [0.3, 0.4) is 0 Å². The minimum absolute atomic E-state index is 0.729. The highest BCUT2D eigenvalue weighted by Gasteiger charge is 2.35. The predicted octanol–water partition coefficient (Wildman–Crippen LogP) is 2.86. The van der Waals surface area contributed by atoms with Gasteiger partial charge in [-0.2, -0.15) is 0 Å². The Balaban J connectivity index is 2.33. The molecule has 0 aliphatic heterocycles. The summed E-state index contributed by atoms with van der Waals surface area (Å²) in [5.74, 6) is 2.51. The van der Waals surface area contributed by atoms with Gasteiger partial charge in [-0.15, -0.1) is 0 Å². The summed E-state index contributed by atoms with van der Waals surface area (Å²) >= 11 is 0. The van der Waals surface area contributed by atoms with Gasteiger partial charge in [0.15, 0.2) is 0 Å². The quantitative estimate of drug-likeness (QED) is 0.793. The lowest BCUT2D eigenvalue weighted by Crippen LogP contribution is -1.95. The third-order valence-corrected chi connectivity index (χ3v) is 3.04. The second-order valence-electron chi connectivity index (χ2n) is 4.02. The fraction of sp³-hybridized carbons (Fsp3) is 0.500. The van der Waals surface area contributed by atoms with Gasteiger partial charge in [-0.1, -0.05) is 6.92 Å². The van der Waals surface area contributed by atoms with Crippen molar-refractivity contribution in [3.8, 4) is 5.75 Å². The minimum Gasteiger partial charge on any atom is -0.497 e. The van der Waals surface area contributed by atoms with Crippen molar-refractivity contribution in [3.05, 3.63) is 23.8 Å². The summed E-state index contributed by atoms with van der Waals surface area (Å²) in [6.45, 7) is 2.30. The molecule has 2 atom stereocenters. The molecule has 0 aromatic heterocycles. The molecule has 0 bridgehead atoms. The molecule has 2 heteroatoms. The maximum absolute atomic E-state index is 5.24. The Labute approximate surface area is 85.3 Å². The number of methoxy groups -OCH3 is 1. The first kappa shape index (κ1) is 9.38. The van der Waals surface area contributed by atoms with Crippen LogP contribution in [0.4, 0.5) is 5.69 Å². The molecule has 1 N–H and O–H groups in total. The number of rotatable bonds is 3. The van der Waals surface area contributed by atoms with Gasteiger partial charge >= 0.3 is 0 Å². The highest BCUT2D eigenvalue weighted by molar-refractivity contribution is 5.57. The number of benzene rings is 1. The Morgan fingerprint density at radius 2 is 2.14 bits per heavy atom. The molecular weight excluding hydrogens is 174 g/mol. The van der Waals surface area contributed by atoms with E-state index in [0.29, 0.717) is 0 Å². The first-order valence-corrected chi connectivity index (χ1v) is 5.12. The van der Waals surface area contributed by atoms with Gasteiger partial charge < -0.3 is 10.1 Å². The summed E-state index contributed by atoms with van der Waals surface area (Å²) < 4.78 is 5.24. The molecule has 1 saturated carbocycles. The van der Waals surface area contributed by atoms with Crippen molar-refractivity contribution >= 4 is 5.69 Å². The number of anilines is 1. The van der Waals surface area contributed by atoms with Gasteiger partial charge in [0.25, 0.3) is 0 Å². The van der Waals surface area contributed by atoms with E-state index in [-0.39, 0.29) is 0 Å². The first-order valence-electron chi connectivity index (χ1n) is 5.12. The zero-order valence-corrected chi connectivity index (χ0v) is 9.00. The number of ether oxygens (including phenoxy) is 1. The molecule has 76 valence electrons. The molecule has 2 rings (SSSR count). The van der Waals surface area contributed by atoms with E-state index >= 15 is 0 Å². The fourth-order valence-electron chi connectivity index (χ4n) is 1.96. The van der Waals surface area contributed by atoms with Gasteiger partial charge in [-0.25, -0.2) is 0 Å². The Morgan fingerprint density at radius 1 is 1.43 bits per heavy atom. The Kier molecular flexibility index (Phi) is 2.36. The average Bonchev–Trinajstić information content (AvgIpc) is 2.94. The van der Waals surface area contributed by atoms with E-state index in [1.54, 1.807) is 7.11 Å². The summed E-state index contributed by atoms with van der Waals surface area (Å²) in [5.41, 5.74) is 2.64. The van der Waals surface area contributed by atoms with E-state index in [2.05, 4.69) is 24.4 Å². The van der Waals surface area contributed by atoms with Gasteiger partial charge in [-0.3, -0.25) is 0 Å². The molecule has 0 spiro atoms. The third-order valence-electron chi connectivity index (χ3n) is 3.04. The average molecular weight is 191 g/mol. The van der Waals surface area contributed by atoms with Crippen LogP contribution in [0, 0.1) is 5.92 Å². The number of hydrogen-bond donors (Lipinski definition) is 1. The lowest BCUT2D eigenvalue weighted by Gasteiger charge is -2.10. The SMILES string of the molecule is CNc1ccc(OC)cc1C1CC1C. The molecule has 14 heavy (non-hydrogen) atoms. The van der Waals surface area contributed by atoms with Gasteiger partial charge in [0.1, 0.15) is 5.75 Å². The zero-order chi connectivity index (χ0) is 10.1. The second-order valence-corrected chi connectivity index (χ2v) is 4.02. The Hall–Kier alpha value is -1.18. The van der Waals surface area contributed by atoms with E-state index in [0.717, 1.165) is 17.6 Å². The minimum atomic E-state index is 0.729. The molecule has 2 unspecified atom stereocenters. The van der Waals surface area contributed by atoms with E-state index in [9.17, 15) is 0 Å². The van der Waals surface area contributed by atoms with Crippen LogP contribution >= 0.6 is 0 Å². The van der Waals surface area contributed by atoms with E-state index in [4.69, 9.17) is 4.74 Å². The third kappa shape index (κ3) is 1.57. The molecule has 0 amide bonds. The number of nitrogens with one attached hydrogen (secondary N) is 1. The smallest absolute Gasteiger partial charge is 0.119 e. The van der Waals surface area contributed by atoms with Crippen LogP contribution < -0.4 is 10.1 Å². The van der Waals surface area contributed by atoms with Crippen LogP contribution in [0.2, 0.25) is 0 Å². The first-order chi connectivity index (χ1) is 6.76. The van der Waals surface area contributed by atoms with Crippen LogP contribution in [0.15, 0.2) is 18.2 Å². The second kappa shape index (κ2) is 3.52. The van der Waals surface area contributed by atoms with Crippen molar-refractivity contribution in [2.45, 2.75) is 19.3 Å². The molecule has 1 aromatic carbocycles. The highest BCUT2D eigenvalue weighted by Crippen LogP contribution is 2.49. The van der Waals surface area contributed by atoms with Crippen LogP contribution in [0.5, 0.6) is 5.75 Å². The molecule has 0 saturated heterocycles. The summed E-state index contributed by atoms with van der Waals surface area (Å²) in [5, 5.41) is 3.23. The summed E-state index contributed by atoms with van der Waals surface area (Å²) in [6.07, 6.45) is 1.31. The van der Waals surface area contributed by atoms with Crippen molar-refractivity contribution in [1.29, 1.82) is 0 Å². The molecular formula is C12H17NO. The summed E-state index contributed by atoms with van der Waals surface area (Å²) in [7, 11) is 3.69. The predicted molar refractivity (Wildman–Crippen MR) is 59.1 cm³/mol. The van der Waals surface area contributed by atoms with Crippen LogP contribution in [-0.4, -0.2) is 14.2 Å².